The minimum absolute atomic E-state index is 0.0541. The second kappa shape index (κ2) is 6.84. The number of nitrogens with zero attached hydrogens (tertiary/aromatic N) is 2. The lowest BCUT2D eigenvalue weighted by Crippen LogP contribution is -2.14. The third-order valence-electron chi connectivity index (χ3n) is 3.92. The summed E-state index contributed by atoms with van der Waals surface area (Å²) in [4.78, 5) is 6.39. The Kier molecular flexibility index (Phi) is 4.73. The Labute approximate surface area is 152 Å². The second-order valence-corrected chi connectivity index (χ2v) is 8.10. The van der Waals surface area contributed by atoms with Crippen molar-refractivity contribution in [1.82, 2.24) is 0 Å². The van der Waals surface area contributed by atoms with Crippen LogP contribution in [-0.2, 0) is 9.84 Å². The number of hydrogen-bond acceptors (Lipinski definition) is 6. The zero-order valence-electron chi connectivity index (χ0n) is 15.1. The van der Waals surface area contributed by atoms with E-state index >= 15 is 0 Å². The van der Waals surface area contributed by atoms with Crippen LogP contribution in [0.25, 0.3) is 11.0 Å². The van der Waals surface area contributed by atoms with E-state index in [4.69, 9.17) is 9.15 Å². The van der Waals surface area contributed by atoms with Crippen molar-refractivity contribution in [2.45, 2.75) is 4.90 Å². The van der Waals surface area contributed by atoms with Gasteiger partial charge in [-0.05, 0) is 42.5 Å². The molecule has 0 radical (unpaired) electrons. The number of ether oxygens (including phenoxy) is 1. The highest BCUT2D eigenvalue weighted by Gasteiger charge is 2.15. The van der Waals surface area contributed by atoms with Crippen LogP contribution in [0.2, 0.25) is 0 Å². The number of fused-ring (bicyclic) bond motifs is 1. The smallest absolute Gasteiger partial charge is 0.238 e. The summed E-state index contributed by atoms with van der Waals surface area (Å²) >= 11 is 0. The topological polar surface area (TPSA) is 72.1 Å². The number of methoxy groups -OCH3 is 1. The maximum absolute atomic E-state index is 12.2. The van der Waals surface area contributed by atoms with E-state index in [2.05, 4.69) is 4.99 Å². The Morgan fingerprint density at radius 2 is 1.73 bits per heavy atom. The molecular weight excluding hydrogens is 352 g/mol. The van der Waals surface area contributed by atoms with E-state index < -0.39 is 9.84 Å². The van der Waals surface area contributed by atoms with Crippen molar-refractivity contribution in [2.24, 2.45) is 4.99 Å². The van der Waals surface area contributed by atoms with Gasteiger partial charge < -0.3 is 14.1 Å². The molecule has 0 spiro atoms. The first-order valence-corrected chi connectivity index (χ1v) is 9.81. The first-order chi connectivity index (χ1) is 12.3. The predicted molar refractivity (Wildman–Crippen MR) is 102 cm³/mol. The van der Waals surface area contributed by atoms with Crippen molar-refractivity contribution < 1.29 is 17.6 Å². The van der Waals surface area contributed by atoms with Crippen LogP contribution in [0.1, 0.15) is 0 Å². The van der Waals surface area contributed by atoms with Gasteiger partial charge in [-0.25, -0.2) is 13.4 Å². The van der Waals surface area contributed by atoms with Crippen molar-refractivity contribution in [2.75, 3.05) is 32.4 Å². The van der Waals surface area contributed by atoms with Crippen LogP contribution in [0.4, 0.5) is 11.4 Å². The van der Waals surface area contributed by atoms with E-state index in [9.17, 15) is 8.42 Å². The van der Waals surface area contributed by atoms with E-state index in [1.54, 1.807) is 37.4 Å². The standard InChI is InChI=1S/C19H20N2O4S/c1-21(2)15-8-5-13-11-18(26(4,22)23)19(25-17(13)12-15)20-14-6-9-16(24-3)10-7-14/h5-12H,1-4H3. The van der Waals surface area contributed by atoms with Crippen molar-refractivity contribution in [3.8, 4) is 5.75 Å². The predicted octanol–water partition coefficient (Wildman–Crippen LogP) is 3.14. The van der Waals surface area contributed by atoms with Gasteiger partial charge in [0.25, 0.3) is 0 Å². The van der Waals surface area contributed by atoms with Crippen molar-refractivity contribution >= 4 is 32.2 Å². The summed E-state index contributed by atoms with van der Waals surface area (Å²) in [5, 5.41) is 0.699. The third kappa shape index (κ3) is 3.72. The van der Waals surface area contributed by atoms with Crippen LogP contribution < -0.4 is 15.2 Å². The fraction of sp³-hybridized carbons (Fsp3) is 0.211. The molecule has 3 aromatic rings. The molecule has 136 valence electrons. The fourth-order valence-corrected chi connectivity index (χ4v) is 3.23. The number of hydrogen-bond donors (Lipinski definition) is 0. The zero-order valence-corrected chi connectivity index (χ0v) is 15.9. The van der Waals surface area contributed by atoms with Gasteiger partial charge in [0.2, 0.25) is 5.55 Å². The second-order valence-electron chi connectivity index (χ2n) is 6.11. The van der Waals surface area contributed by atoms with Crippen LogP contribution >= 0.6 is 0 Å². The molecule has 0 saturated heterocycles. The van der Waals surface area contributed by atoms with Crippen molar-refractivity contribution in [3.05, 3.63) is 54.1 Å². The average molecular weight is 372 g/mol. The molecule has 1 heterocycles. The lowest BCUT2D eigenvalue weighted by atomic mass is 10.2. The van der Waals surface area contributed by atoms with E-state index in [1.165, 1.54) is 0 Å². The van der Waals surface area contributed by atoms with Crippen LogP contribution in [0.15, 0.2) is 62.8 Å². The Balaban J connectivity index is 2.27. The summed E-state index contributed by atoms with van der Waals surface area (Å²) in [5.74, 6) is 0.693. The molecule has 2 aromatic carbocycles. The molecule has 0 bridgehead atoms. The van der Waals surface area contributed by atoms with Crippen LogP contribution in [0.5, 0.6) is 5.75 Å². The van der Waals surface area contributed by atoms with E-state index in [0.29, 0.717) is 22.4 Å². The molecule has 0 aliphatic heterocycles. The highest BCUT2D eigenvalue weighted by molar-refractivity contribution is 7.90. The van der Waals surface area contributed by atoms with Gasteiger partial charge in [0.1, 0.15) is 16.2 Å². The average Bonchev–Trinajstić information content (AvgIpc) is 2.60. The molecule has 0 N–H and O–H groups in total. The van der Waals surface area contributed by atoms with E-state index in [1.807, 2.05) is 37.2 Å². The molecule has 6 nitrogen and oxygen atoms in total. The van der Waals surface area contributed by atoms with Crippen molar-refractivity contribution in [1.29, 1.82) is 0 Å². The lowest BCUT2D eigenvalue weighted by molar-refractivity contribution is 0.415. The highest BCUT2D eigenvalue weighted by Crippen LogP contribution is 2.23. The van der Waals surface area contributed by atoms with E-state index in [0.717, 1.165) is 11.9 Å². The molecule has 3 rings (SSSR count). The molecule has 0 amide bonds. The molecule has 1 aromatic heterocycles. The molecule has 7 heteroatoms. The number of sulfone groups is 1. The summed E-state index contributed by atoms with van der Waals surface area (Å²) in [7, 11) is 1.92. The van der Waals surface area contributed by atoms with Crippen LogP contribution in [0.3, 0.4) is 0 Å². The summed E-state index contributed by atoms with van der Waals surface area (Å²) in [6, 6.07) is 14.2. The van der Waals surface area contributed by atoms with Gasteiger partial charge in [0, 0.05) is 37.5 Å². The van der Waals surface area contributed by atoms with Gasteiger partial charge in [0.15, 0.2) is 9.84 Å². The molecular formula is C19H20N2O4S. The minimum Gasteiger partial charge on any atom is -0.497 e. The van der Waals surface area contributed by atoms with Gasteiger partial charge >= 0.3 is 0 Å². The van der Waals surface area contributed by atoms with Gasteiger partial charge in [-0.3, -0.25) is 0 Å². The maximum atomic E-state index is 12.2. The number of benzene rings is 2. The summed E-state index contributed by atoms with van der Waals surface area (Å²) in [5.41, 5.74) is 2.14. The quantitative estimate of drug-likeness (QED) is 0.703. The van der Waals surface area contributed by atoms with Gasteiger partial charge in [0.05, 0.1) is 12.8 Å². The van der Waals surface area contributed by atoms with Crippen LogP contribution in [-0.4, -0.2) is 35.9 Å². The fourth-order valence-electron chi connectivity index (χ4n) is 2.48. The molecule has 26 heavy (non-hydrogen) atoms. The Hall–Kier alpha value is -2.80. The summed E-state index contributed by atoms with van der Waals surface area (Å²) in [6.07, 6.45) is 1.14. The van der Waals surface area contributed by atoms with Crippen molar-refractivity contribution in [3.63, 3.8) is 0 Å². The maximum Gasteiger partial charge on any atom is 0.238 e. The molecule has 0 saturated carbocycles. The monoisotopic (exact) mass is 372 g/mol. The first kappa shape index (κ1) is 18.0. The molecule has 0 unspecified atom stereocenters. The Morgan fingerprint density at radius 1 is 1.04 bits per heavy atom. The number of rotatable bonds is 4. The molecule has 0 atom stereocenters. The number of anilines is 1. The first-order valence-electron chi connectivity index (χ1n) is 7.92. The molecule has 0 fully saturated rings. The van der Waals surface area contributed by atoms with E-state index in [-0.39, 0.29) is 10.4 Å². The van der Waals surface area contributed by atoms with Crippen LogP contribution in [0, 0.1) is 0 Å². The van der Waals surface area contributed by atoms with Gasteiger partial charge in [-0.1, -0.05) is 0 Å². The summed E-state index contributed by atoms with van der Waals surface area (Å²) in [6.45, 7) is 0. The molecule has 0 aliphatic carbocycles. The zero-order chi connectivity index (χ0) is 18.9. The SMILES string of the molecule is COc1ccc(N=c2oc3cc(N(C)C)ccc3cc2S(C)(=O)=O)cc1. The van der Waals surface area contributed by atoms with Gasteiger partial charge in [-0.15, -0.1) is 0 Å². The highest BCUT2D eigenvalue weighted by atomic mass is 32.2. The lowest BCUT2D eigenvalue weighted by Gasteiger charge is -2.12. The Morgan fingerprint density at radius 3 is 2.31 bits per heavy atom. The molecule has 0 aliphatic rings. The van der Waals surface area contributed by atoms with Gasteiger partial charge in [-0.2, -0.15) is 0 Å². The summed E-state index contributed by atoms with van der Waals surface area (Å²) < 4.78 is 35.4. The largest absolute Gasteiger partial charge is 0.497 e. The minimum atomic E-state index is -3.51. The Bertz CT molecular complexity index is 1110. The third-order valence-corrected chi connectivity index (χ3v) is 5.01. The normalized spacial score (nSPS) is 12.4.